The first-order valence-electron chi connectivity index (χ1n) is 5.49. The zero-order valence-corrected chi connectivity index (χ0v) is 10.7. The molecule has 0 fully saturated rings. The lowest BCUT2D eigenvalue weighted by molar-refractivity contribution is 0.477. The molecule has 0 saturated heterocycles. The van der Waals surface area contributed by atoms with Gasteiger partial charge in [-0.25, -0.2) is 13.1 Å². The Bertz CT molecular complexity index is 547. The summed E-state index contributed by atoms with van der Waals surface area (Å²) in [5.74, 6) is 2.35. The predicted octanol–water partition coefficient (Wildman–Crippen LogP) is 1.06. The van der Waals surface area contributed by atoms with Gasteiger partial charge in [0.05, 0.1) is 10.6 Å². The van der Waals surface area contributed by atoms with Crippen LogP contribution in [0.2, 0.25) is 0 Å². The Morgan fingerprint density at radius 3 is 2.72 bits per heavy atom. The first kappa shape index (κ1) is 14.4. The zero-order chi connectivity index (χ0) is 13.6. The third-order valence-electron chi connectivity index (χ3n) is 2.35. The van der Waals surface area contributed by atoms with Gasteiger partial charge in [0.2, 0.25) is 10.0 Å². The Kier molecular flexibility index (Phi) is 5.01. The highest BCUT2D eigenvalue weighted by Gasteiger charge is 2.14. The molecule has 4 N–H and O–H groups in total. The summed E-state index contributed by atoms with van der Waals surface area (Å²) in [4.78, 5) is 0.0368. The van der Waals surface area contributed by atoms with E-state index >= 15 is 0 Å². The van der Waals surface area contributed by atoms with Gasteiger partial charge in [-0.15, -0.1) is 12.3 Å². The monoisotopic (exact) mass is 268 g/mol. The number of phenolic OH excluding ortho intramolecular Hbond substituents is 1. The van der Waals surface area contributed by atoms with Gasteiger partial charge in [0, 0.05) is 13.0 Å². The number of unbranched alkanes of at least 4 members (excludes halogenated alkanes) is 2. The topological polar surface area (TPSA) is 92.4 Å². The van der Waals surface area contributed by atoms with Crippen molar-refractivity contribution in [1.29, 1.82) is 0 Å². The van der Waals surface area contributed by atoms with Crippen LogP contribution in [0.4, 0.5) is 5.69 Å². The van der Waals surface area contributed by atoms with Crippen LogP contribution in [0.25, 0.3) is 0 Å². The van der Waals surface area contributed by atoms with Gasteiger partial charge in [-0.3, -0.25) is 0 Å². The van der Waals surface area contributed by atoms with Crippen LogP contribution in [0.5, 0.6) is 5.75 Å². The molecule has 0 unspecified atom stereocenters. The van der Waals surface area contributed by atoms with E-state index in [2.05, 4.69) is 10.6 Å². The van der Waals surface area contributed by atoms with Gasteiger partial charge in [0.15, 0.2) is 0 Å². The first-order valence-corrected chi connectivity index (χ1v) is 6.97. The standard InChI is InChI=1S/C12H16N2O3S/c1-2-3-4-5-8-14-18(16,17)10-6-7-12(15)11(13)9-10/h1,6-7,9,14-15H,3-5,8,13H2. The highest BCUT2D eigenvalue weighted by molar-refractivity contribution is 7.89. The Balaban J connectivity index is 2.63. The lowest BCUT2D eigenvalue weighted by Gasteiger charge is -2.07. The molecule has 0 radical (unpaired) electrons. The molecular weight excluding hydrogens is 252 g/mol. The smallest absolute Gasteiger partial charge is 0.240 e. The molecular formula is C12H16N2O3S. The van der Waals surface area contributed by atoms with Gasteiger partial charge in [-0.1, -0.05) is 0 Å². The minimum atomic E-state index is -3.58. The van der Waals surface area contributed by atoms with Crippen molar-refractivity contribution in [2.45, 2.75) is 24.2 Å². The van der Waals surface area contributed by atoms with E-state index in [1.54, 1.807) is 0 Å². The highest BCUT2D eigenvalue weighted by Crippen LogP contribution is 2.22. The Hall–Kier alpha value is -1.71. The summed E-state index contributed by atoms with van der Waals surface area (Å²) in [7, 11) is -3.58. The van der Waals surface area contributed by atoms with E-state index in [4.69, 9.17) is 12.2 Å². The van der Waals surface area contributed by atoms with Crippen molar-refractivity contribution < 1.29 is 13.5 Å². The lowest BCUT2D eigenvalue weighted by atomic mass is 10.2. The molecule has 0 saturated carbocycles. The number of phenols is 1. The predicted molar refractivity (Wildman–Crippen MR) is 70.4 cm³/mol. The van der Waals surface area contributed by atoms with E-state index < -0.39 is 10.0 Å². The normalized spacial score (nSPS) is 11.1. The van der Waals surface area contributed by atoms with Crippen LogP contribution < -0.4 is 10.5 Å². The van der Waals surface area contributed by atoms with Gasteiger partial charge < -0.3 is 10.8 Å². The maximum Gasteiger partial charge on any atom is 0.240 e. The number of anilines is 1. The Morgan fingerprint density at radius 2 is 2.11 bits per heavy atom. The number of nitrogens with one attached hydrogen (secondary N) is 1. The number of sulfonamides is 1. The average Bonchev–Trinajstić information content (AvgIpc) is 2.32. The van der Waals surface area contributed by atoms with E-state index in [0.717, 1.165) is 6.42 Å². The summed E-state index contributed by atoms with van der Waals surface area (Å²) in [5.41, 5.74) is 5.48. The quantitative estimate of drug-likeness (QED) is 0.311. The number of terminal acetylenes is 1. The number of nitrogens with two attached hydrogens (primary N) is 1. The molecule has 5 nitrogen and oxygen atoms in total. The molecule has 0 spiro atoms. The van der Waals surface area contributed by atoms with Crippen LogP contribution in [0.1, 0.15) is 19.3 Å². The minimum absolute atomic E-state index is 0.0326. The van der Waals surface area contributed by atoms with Crippen LogP contribution >= 0.6 is 0 Å². The molecule has 0 aliphatic rings. The largest absolute Gasteiger partial charge is 0.506 e. The molecule has 0 amide bonds. The molecule has 0 aromatic heterocycles. The molecule has 18 heavy (non-hydrogen) atoms. The van der Waals surface area contributed by atoms with E-state index in [0.29, 0.717) is 19.4 Å². The number of hydrogen-bond donors (Lipinski definition) is 3. The third-order valence-corrected chi connectivity index (χ3v) is 3.81. The van der Waals surface area contributed by atoms with E-state index in [9.17, 15) is 13.5 Å². The van der Waals surface area contributed by atoms with Crippen molar-refractivity contribution in [3.05, 3.63) is 18.2 Å². The number of nitrogen functional groups attached to an aromatic ring is 1. The van der Waals surface area contributed by atoms with Crippen LogP contribution in [0, 0.1) is 12.3 Å². The van der Waals surface area contributed by atoms with Gasteiger partial charge in [-0.05, 0) is 31.0 Å². The van der Waals surface area contributed by atoms with Crippen molar-refractivity contribution >= 4 is 15.7 Å². The van der Waals surface area contributed by atoms with E-state index in [1.165, 1.54) is 18.2 Å². The maximum atomic E-state index is 11.8. The zero-order valence-electron chi connectivity index (χ0n) is 9.89. The molecule has 98 valence electrons. The van der Waals surface area contributed by atoms with Crippen molar-refractivity contribution in [2.24, 2.45) is 0 Å². The molecule has 0 aliphatic heterocycles. The molecule has 6 heteroatoms. The molecule has 0 atom stereocenters. The van der Waals surface area contributed by atoms with Gasteiger partial charge in [0.25, 0.3) is 0 Å². The molecule has 1 aromatic carbocycles. The fourth-order valence-corrected chi connectivity index (χ4v) is 2.45. The molecule has 0 heterocycles. The summed E-state index contributed by atoms with van der Waals surface area (Å²) in [6.45, 7) is 0.324. The van der Waals surface area contributed by atoms with Crippen molar-refractivity contribution in [2.75, 3.05) is 12.3 Å². The second-order valence-corrected chi connectivity index (χ2v) is 5.55. The number of rotatable bonds is 6. The maximum absolute atomic E-state index is 11.8. The summed E-state index contributed by atoms with van der Waals surface area (Å²) in [6.07, 6.45) is 7.18. The van der Waals surface area contributed by atoms with E-state index in [1.807, 2.05) is 0 Å². The fourth-order valence-electron chi connectivity index (χ4n) is 1.34. The van der Waals surface area contributed by atoms with Gasteiger partial charge in [0.1, 0.15) is 5.75 Å². The van der Waals surface area contributed by atoms with Gasteiger partial charge in [-0.2, -0.15) is 0 Å². The van der Waals surface area contributed by atoms with E-state index in [-0.39, 0.29) is 16.3 Å². The average molecular weight is 268 g/mol. The molecule has 1 rings (SSSR count). The Labute approximate surface area is 107 Å². The fraction of sp³-hybridized carbons (Fsp3) is 0.333. The first-order chi connectivity index (χ1) is 8.47. The highest BCUT2D eigenvalue weighted by atomic mass is 32.2. The second-order valence-electron chi connectivity index (χ2n) is 3.78. The molecule has 0 bridgehead atoms. The van der Waals surface area contributed by atoms with Crippen molar-refractivity contribution in [3.8, 4) is 18.1 Å². The van der Waals surface area contributed by atoms with Crippen LogP contribution in [-0.4, -0.2) is 20.1 Å². The van der Waals surface area contributed by atoms with Crippen molar-refractivity contribution in [1.82, 2.24) is 4.72 Å². The second kappa shape index (κ2) is 6.28. The number of benzene rings is 1. The lowest BCUT2D eigenvalue weighted by Crippen LogP contribution is -2.24. The summed E-state index contributed by atoms with van der Waals surface area (Å²) >= 11 is 0. The van der Waals surface area contributed by atoms with Crippen molar-refractivity contribution in [3.63, 3.8) is 0 Å². The van der Waals surface area contributed by atoms with Crippen LogP contribution in [-0.2, 0) is 10.0 Å². The van der Waals surface area contributed by atoms with Crippen LogP contribution in [0.3, 0.4) is 0 Å². The number of aromatic hydroxyl groups is 1. The van der Waals surface area contributed by atoms with Crippen LogP contribution in [0.15, 0.2) is 23.1 Å². The summed E-state index contributed by atoms with van der Waals surface area (Å²) < 4.78 is 26.1. The third kappa shape index (κ3) is 3.95. The number of hydrogen-bond acceptors (Lipinski definition) is 4. The van der Waals surface area contributed by atoms with Gasteiger partial charge >= 0.3 is 0 Å². The minimum Gasteiger partial charge on any atom is -0.506 e. The Morgan fingerprint density at radius 1 is 1.39 bits per heavy atom. The molecule has 1 aromatic rings. The molecule has 0 aliphatic carbocycles. The summed E-state index contributed by atoms with van der Waals surface area (Å²) in [5, 5.41) is 9.22. The summed E-state index contributed by atoms with van der Waals surface area (Å²) in [6, 6.07) is 3.77. The SMILES string of the molecule is C#CCCCCNS(=O)(=O)c1ccc(O)c(N)c1.